The number of benzene rings is 3. The molecule has 0 spiro atoms. The lowest BCUT2D eigenvalue weighted by molar-refractivity contribution is 0.373. The smallest absolute Gasteiger partial charge is 0.160 e. The van der Waals surface area contributed by atoms with E-state index in [2.05, 4.69) is 52.3 Å². The number of imidazole rings is 1. The molecule has 33 heavy (non-hydrogen) atoms. The maximum atomic E-state index is 6.65. The highest BCUT2D eigenvalue weighted by Crippen LogP contribution is 2.41. The van der Waals surface area contributed by atoms with E-state index < -0.39 is 0 Å². The molecule has 6 heteroatoms. The Bertz CT molecular complexity index is 1480. The quantitative estimate of drug-likeness (QED) is 0.303. The average molecular weight is 473 g/mol. The maximum absolute atomic E-state index is 6.65. The van der Waals surface area contributed by atoms with Crippen molar-refractivity contribution in [3.05, 3.63) is 83.2 Å². The van der Waals surface area contributed by atoms with Crippen LogP contribution in [0.15, 0.2) is 73.2 Å². The molecule has 1 saturated heterocycles. The molecule has 0 amide bonds. The van der Waals surface area contributed by atoms with Gasteiger partial charge in [-0.3, -0.25) is 0 Å². The Morgan fingerprint density at radius 1 is 0.848 bits per heavy atom. The third-order valence-electron chi connectivity index (χ3n) is 6.55. The summed E-state index contributed by atoms with van der Waals surface area (Å²) in [5.74, 6) is 0. The van der Waals surface area contributed by atoms with Crippen molar-refractivity contribution < 1.29 is 0 Å². The minimum Gasteiger partial charge on any atom is -0.317 e. The third-order valence-corrected chi connectivity index (χ3v) is 7.10. The predicted molar refractivity (Wildman–Crippen MR) is 137 cm³/mol. The van der Waals surface area contributed by atoms with Crippen LogP contribution in [0, 0.1) is 0 Å². The van der Waals surface area contributed by atoms with E-state index in [1.165, 1.54) is 10.8 Å². The fourth-order valence-electron chi connectivity index (χ4n) is 4.88. The Kier molecular flexibility index (Phi) is 5.30. The molecule has 0 unspecified atom stereocenters. The lowest BCUT2D eigenvalue weighted by atomic mass is 9.94. The van der Waals surface area contributed by atoms with Gasteiger partial charge in [0.05, 0.1) is 6.33 Å². The minimum atomic E-state index is 0.401. The lowest BCUT2D eigenvalue weighted by Crippen LogP contribution is -2.29. The molecular formula is C27H22Cl2N4. The van der Waals surface area contributed by atoms with E-state index in [4.69, 9.17) is 33.2 Å². The number of pyridine rings is 1. The molecule has 2 aromatic heterocycles. The van der Waals surface area contributed by atoms with Crippen LogP contribution < -0.4 is 5.32 Å². The van der Waals surface area contributed by atoms with Gasteiger partial charge >= 0.3 is 0 Å². The monoisotopic (exact) mass is 472 g/mol. The van der Waals surface area contributed by atoms with Crippen LogP contribution in [0.1, 0.15) is 18.9 Å². The van der Waals surface area contributed by atoms with Crippen LogP contribution in [-0.2, 0) is 0 Å². The molecule has 5 aromatic rings. The SMILES string of the molecule is Clc1ccc(-c2cnc3c(ncn3C3CCNCC3)c2-c2ccc3ccccc3c2)c(Cl)c1. The number of rotatable bonds is 3. The van der Waals surface area contributed by atoms with Crippen LogP contribution in [0.25, 0.3) is 44.2 Å². The van der Waals surface area contributed by atoms with Gasteiger partial charge in [-0.25, -0.2) is 9.97 Å². The zero-order chi connectivity index (χ0) is 22.4. The molecule has 0 saturated carbocycles. The van der Waals surface area contributed by atoms with Crippen LogP contribution in [0.4, 0.5) is 0 Å². The molecule has 1 aliphatic rings. The predicted octanol–water partition coefficient (Wildman–Crippen LogP) is 7.15. The summed E-state index contributed by atoms with van der Waals surface area (Å²) in [6.45, 7) is 2.03. The average Bonchev–Trinajstić information content (AvgIpc) is 3.28. The zero-order valence-corrected chi connectivity index (χ0v) is 19.4. The van der Waals surface area contributed by atoms with E-state index in [1.807, 2.05) is 24.7 Å². The molecule has 1 N–H and O–H groups in total. The second kappa shape index (κ2) is 8.45. The van der Waals surface area contributed by atoms with Gasteiger partial charge in [-0.05, 0) is 60.5 Å². The second-order valence-electron chi connectivity index (χ2n) is 8.54. The molecule has 0 bridgehead atoms. The molecule has 1 fully saturated rings. The summed E-state index contributed by atoms with van der Waals surface area (Å²) in [5, 5.41) is 7.04. The first-order valence-corrected chi connectivity index (χ1v) is 12.0. The third kappa shape index (κ3) is 3.68. The van der Waals surface area contributed by atoms with E-state index in [0.29, 0.717) is 16.1 Å². The highest BCUT2D eigenvalue weighted by atomic mass is 35.5. The highest BCUT2D eigenvalue weighted by molar-refractivity contribution is 6.36. The summed E-state index contributed by atoms with van der Waals surface area (Å²) in [7, 11) is 0. The number of nitrogens with one attached hydrogen (secondary N) is 1. The number of nitrogens with zero attached hydrogens (tertiary/aromatic N) is 3. The van der Waals surface area contributed by atoms with Crippen molar-refractivity contribution in [2.75, 3.05) is 13.1 Å². The van der Waals surface area contributed by atoms with Gasteiger partial charge in [0.1, 0.15) is 5.52 Å². The first-order valence-electron chi connectivity index (χ1n) is 11.2. The van der Waals surface area contributed by atoms with Crippen LogP contribution in [0.3, 0.4) is 0 Å². The maximum Gasteiger partial charge on any atom is 0.160 e. The Hall–Kier alpha value is -2.92. The van der Waals surface area contributed by atoms with Crippen LogP contribution >= 0.6 is 23.2 Å². The fraction of sp³-hybridized carbons (Fsp3) is 0.185. The molecule has 6 rings (SSSR count). The number of fused-ring (bicyclic) bond motifs is 2. The second-order valence-corrected chi connectivity index (χ2v) is 9.38. The van der Waals surface area contributed by atoms with Gasteiger partial charge in [0.25, 0.3) is 0 Å². The summed E-state index contributed by atoms with van der Waals surface area (Å²) >= 11 is 12.8. The Balaban J connectivity index is 1.62. The summed E-state index contributed by atoms with van der Waals surface area (Å²) in [5.41, 5.74) is 5.80. The molecule has 3 heterocycles. The minimum absolute atomic E-state index is 0.401. The first-order chi connectivity index (χ1) is 16.2. The number of hydrogen-bond acceptors (Lipinski definition) is 3. The van der Waals surface area contributed by atoms with Crippen molar-refractivity contribution in [3.8, 4) is 22.3 Å². The molecule has 0 radical (unpaired) electrons. The van der Waals surface area contributed by atoms with Crippen molar-refractivity contribution in [2.24, 2.45) is 0 Å². The van der Waals surface area contributed by atoms with Crippen LogP contribution in [-0.4, -0.2) is 27.6 Å². The number of halogens is 2. The van der Waals surface area contributed by atoms with Gasteiger partial charge in [0.2, 0.25) is 0 Å². The Morgan fingerprint density at radius 2 is 1.67 bits per heavy atom. The normalized spacial score (nSPS) is 14.8. The van der Waals surface area contributed by atoms with E-state index in [0.717, 1.165) is 59.3 Å². The van der Waals surface area contributed by atoms with E-state index in [1.54, 1.807) is 6.07 Å². The highest BCUT2D eigenvalue weighted by Gasteiger charge is 2.22. The number of aromatic nitrogens is 3. The standard InChI is InChI=1S/C27H22Cl2N4/c28-20-7-8-22(24(29)14-20)23-15-31-27-26(32-16-33(27)21-9-11-30-12-10-21)25(23)19-6-5-17-3-1-2-4-18(17)13-19/h1-8,13-16,21,30H,9-12H2. The van der Waals surface area contributed by atoms with Crippen molar-refractivity contribution in [1.82, 2.24) is 19.9 Å². The number of hydrogen-bond donors (Lipinski definition) is 1. The van der Waals surface area contributed by atoms with Gasteiger partial charge in [-0.2, -0.15) is 0 Å². The fourth-order valence-corrected chi connectivity index (χ4v) is 5.39. The molecule has 0 aliphatic carbocycles. The Labute approximate surface area is 202 Å². The van der Waals surface area contributed by atoms with Gasteiger partial charge < -0.3 is 9.88 Å². The summed E-state index contributed by atoms with van der Waals surface area (Å²) in [4.78, 5) is 9.79. The van der Waals surface area contributed by atoms with Crippen molar-refractivity contribution in [1.29, 1.82) is 0 Å². The van der Waals surface area contributed by atoms with E-state index >= 15 is 0 Å². The summed E-state index contributed by atoms with van der Waals surface area (Å²) in [6, 6.07) is 20.9. The largest absolute Gasteiger partial charge is 0.317 e. The van der Waals surface area contributed by atoms with Gasteiger partial charge in [0, 0.05) is 39.0 Å². The van der Waals surface area contributed by atoms with Crippen molar-refractivity contribution >= 4 is 45.1 Å². The molecule has 1 aliphatic heterocycles. The lowest BCUT2D eigenvalue weighted by Gasteiger charge is -2.24. The summed E-state index contributed by atoms with van der Waals surface area (Å²) < 4.78 is 2.24. The van der Waals surface area contributed by atoms with Crippen molar-refractivity contribution in [3.63, 3.8) is 0 Å². The molecular weight excluding hydrogens is 451 g/mol. The van der Waals surface area contributed by atoms with E-state index in [-0.39, 0.29) is 0 Å². The van der Waals surface area contributed by atoms with Gasteiger partial charge in [-0.15, -0.1) is 0 Å². The van der Waals surface area contributed by atoms with Gasteiger partial charge in [0.15, 0.2) is 5.65 Å². The first kappa shape index (κ1) is 20.7. The van der Waals surface area contributed by atoms with Gasteiger partial charge in [-0.1, -0.05) is 65.7 Å². The topological polar surface area (TPSA) is 42.7 Å². The molecule has 4 nitrogen and oxygen atoms in total. The van der Waals surface area contributed by atoms with E-state index in [9.17, 15) is 0 Å². The number of piperidine rings is 1. The molecule has 0 atom stereocenters. The van der Waals surface area contributed by atoms with Crippen molar-refractivity contribution in [2.45, 2.75) is 18.9 Å². The van der Waals surface area contributed by atoms with Crippen LogP contribution in [0.2, 0.25) is 10.0 Å². The molecule has 3 aromatic carbocycles. The Morgan fingerprint density at radius 3 is 2.48 bits per heavy atom. The van der Waals surface area contributed by atoms with Crippen LogP contribution in [0.5, 0.6) is 0 Å². The summed E-state index contributed by atoms with van der Waals surface area (Å²) in [6.07, 6.45) is 6.03. The zero-order valence-electron chi connectivity index (χ0n) is 17.9. The molecule has 164 valence electrons.